The number of amides is 1. The molecule has 4 heteroatoms. The molecule has 0 aromatic heterocycles. The molecule has 1 N–H and O–H groups in total. The fourth-order valence-electron chi connectivity index (χ4n) is 1.86. The number of ether oxygens (including phenoxy) is 1. The third-order valence-corrected chi connectivity index (χ3v) is 3.66. The molecule has 88 valence electrons. The minimum atomic E-state index is -0.420. The van der Waals surface area contributed by atoms with E-state index in [1.807, 2.05) is 20.8 Å². The monoisotopic (exact) mass is 277 g/mol. The molecule has 0 aliphatic heterocycles. The smallest absolute Gasteiger partial charge is 0.408 e. The molecule has 1 aliphatic carbocycles. The SMILES string of the molecule is CC(C)(C)OC(=O)NC1(CBr)CCCC1. The Morgan fingerprint density at radius 3 is 2.33 bits per heavy atom. The maximum atomic E-state index is 11.6. The van der Waals surface area contributed by atoms with Crippen LogP contribution in [0.1, 0.15) is 46.5 Å². The van der Waals surface area contributed by atoms with Crippen LogP contribution in [0.3, 0.4) is 0 Å². The highest BCUT2D eigenvalue weighted by molar-refractivity contribution is 9.09. The fourth-order valence-corrected chi connectivity index (χ4v) is 2.56. The van der Waals surface area contributed by atoms with Gasteiger partial charge >= 0.3 is 6.09 Å². The highest BCUT2D eigenvalue weighted by atomic mass is 79.9. The molecule has 1 saturated carbocycles. The average molecular weight is 278 g/mol. The summed E-state index contributed by atoms with van der Waals surface area (Å²) in [6.45, 7) is 5.63. The number of alkyl carbamates (subject to hydrolysis) is 1. The van der Waals surface area contributed by atoms with Crippen molar-refractivity contribution in [3.8, 4) is 0 Å². The van der Waals surface area contributed by atoms with Gasteiger partial charge in [0.2, 0.25) is 0 Å². The van der Waals surface area contributed by atoms with Crippen molar-refractivity contribution in [2.24, 2.45) is 0 Å². The molecule has 1 amide bonds. The largest absolute Gasteiger partial charge is 0.444 e. The number of carbonyl (C=O) groups excluding carboxylic acids is 1. The zero-order valence-corrected chi connectivity index (χ0v) is 11.3. The third-order valence-electron chi connectivity index (χ3n) is 2.58. The summed E-state index contributed by atoms with van der Waals surface area (Å²) in [5.74, 6) is 0. The molecule has 0 spiro atoms. The molecule has 0 aromatic carbocycles. The molecule has 1 rings (SSSR count). The molecule has 0 atom stereocenters. The van der Waals surface area contributed by atoms with Gasteiger partial charge in [-0.2, -0.15) is 0 Å². The summed E-state index contributed by atoms with van der Waals surface area (Å²) in [7, 11) is 0. The van der Waals surface area contributed by atoms with Gasteiger partial charge in [-0.15, -0.1) is 0 Å². The van der Waals surface area contributed by atoms with Crippen molar-refractivity contribution >= 4 is 22.0 Å². The third kappa shape index (κ3) is 4.01. The zero-order chi connectivity index (χ0) is 11.5. The van der Waals surface area contributed by atoms with Gasteiger partial charge in [-0.3, -0.25) is 0 Å². The molecule has 15 heavy (non-hydrogen) atoms. The second-order valence-electron chi connectivity index (χ2n) is 5.25. The first-order valence-electron chi connectivity index (χ1n) is 5.44. The van der Waals surface area contributed by atoms with Crippen LogP contribution in [0, 0.1) is 0 Å². The van der Waals surface area contributed by atoms with Crippen molar-refractivity contribution in [2.45, 2.75) is 57.6 Å². The first kappa shape index (κ1) is 12.8. The van der Waals surface area contributed by atoms with Crippen LogP contribution in [0.2, 0.25) is 0 Å². The number of alkyl halides is 1. The van der Waals surface area contributed by atoms with Gasteiger partial charge < -0.3 is 10.1 Å². The zero-order valence-electron chi connectivity index (χ0n) is 9.73. The maximum absolute atomic E-state index is 11.6. The van der Waals surface area contributed by atoms with Crippen LogP contribution >= 0.6 is 15.9 Å². The van der Waals surface area contributed by atoms with Gasteiger partial charge in [-0.25, -0.2) is 4.79 Å². The Balaban J connectivity index is 2.49. The number of rotatable bonds is 2. The first-order valence-corrected chi connectivity index (χ1v) is 6.56. The van der Waals surface area contributed by atoms with Gasteiger partial charge in [0.25, 0.3) is 0 Å². The standard InChI is InChI=1S/C11H20BrNO2/c1-10(2,3)15-9(14)13-11(8-12)6-4-5-7-11/h4-8H2,1-3H3,(H,13,14). The van der Waals surface area contributed by atoms with Crippen molar-refractivity contribution in [1.82, 2.24) is 5.32 Å². The summed E-state index contributed by atoms with van der Waals surface area (Å²) in [5, 5.41) is 3.80. The lowest BCUT2D eigenvalue weighted by Gasteiger charge is -2.29. The second-order valence-corrected chi connectivity index (χ2v) is 5.81. The van der Waals surface area contributed by atoms with Gasteiger partial charge in [-0.1, -0.05) is 28.8 Å². The van der Waals surface area contributed by atoms with E-state index >= 15 is 0 Å². The quantitative estimate of drug-likeness (QED) is 0.788. The minimum absolute atomic E-state index is 0.0810. The first-order chi connectivity index (χ1) is 6.87. The minimum Gasteiger partial charge on any atom is -0.444 e. The van der Waals surface area contributed by atoms with E-state index in [9.17, 15) is 4.79 Å². The van der Waals surface area contributed by atoms with Crippen LogP contribution < -0.4 is 5.32 Å². The predicted molar refractivity (Wildman–Crippen MR) is 64.4 cm³/mol. The Hall–Kier alpha value is -0.250. The van der Waals surface area contributed by atoms with Crippen LogP contribution in [-0.4, -0.2) is 22.6 Å². The Kier molecular flexibility index (Phi) is 4.04. The van der Waals surface area contributed by atoms with E-state index in [0.29, 0.717) is 0 Å². The van der Waals surface area contributed by atoms with E-state index in [0.717, 1.165) is 18.2 Å². The van der Waals surface area contributed by atoms with Crippen molar-refractivity contribution in [2.75, 3.05) is 5.33 Å². The lowest BCUT2D eigenvalue weighted by Crippen LogP contribution is -2.49. The van der Waals surface area contributed by atoms with Crippen molar-refractivity contribution in [3.63, 3.8) is 0 Å². The molecule has 0 unspecified atom stereocenters. The molecule has 0 saturated heterocycles. The highest BCUT2D eigenvalue weighted by Crippen LogP contribution is 2.31. The van der Waals surface area contributed by atoms with Gasteiger partial charge in [0.1, 0.15) is 5.60 Å². The van der Waals surface area contributed by atoms with Gasteiger partial charge in [0, 0.05) is 5.33 Å². The van der Waals surface area contributed by atoms with E-state index in [-0.39, 0.29) is 11.6 Å². The maximum Gasteiger partial charge on any atom is 0.408 e. The number of hydrogen-bond acceptors (Lipinski definition) is 2. The normalized spacial score (nSPS) is 20.0. The van der Waals surface area contributed by atoms with E-state index in [4.69, 9.17) is 4.74 Å². The van der Waals surface area contributed by atoms with Crippen LogP contribution in [0.15, 0.2) is 0 Å². The summed E-state index contributed by atoms with van der Waals surface area (Å²) in [6, 6.07) is 0. The van der Waals surface area contributed by atoms with Gasteiger partial charge in [0.05, 0.1) is 5.54 Å². The molecular weight excluding hydrogens is 258 g/mol. The topological polar surface area (TPSA) is 38.3 Å². The van der Waals surface area contributed by atoms with Crippen LogP contribution in [-0.2, 0) is 4.74 Å². The van der Waals surface area contributed by atoms with E-state index in [1.54, 1.807) is 0 Å². The number of carbonyl (C=O) groups is 1. The summed E-state index contributed by atoms with van der Waals surface area (Å²) < 4.78 is 5.26. The lowest BCUT2D eigenvalue weighted by atomic mass is 10.0. The van der Waals surface area contributed by atoms with Crippen LogP contribution in [0.5, 0.6) is 0 Å². The van der Waals surface area contributed by atoms with Gasteiger partial charge in [-0.05, 0) is 33.6 Å². The Morgan fingerprint density at radius 1 is 1.40 bits per heavy atom. The van der Waals surface area contributed by atoms with E-state index in [1.165, 1.54) is 12.8 Å². The lowest BCUT2D eigenvalue weighted by molar-refractivity contribution is 0.0469. The molecular formula is C11H20BrNO2. The van der Waals surface area contributed by atoms with Crippen molar-refractivity contribution in [1.29, 1.82) is 0 Å². The molecule has 0 radical (unpaired) electrons. The average Bonchev–Trinajstić information content (AvgIpc) is 2.50. The molecule has 3 nitrogen and oxygen atoms in total. The molecule has 1 aliphatic rings. The molecule has 0 heterocycles. The van der Waals surface area contributed by atoms with Crippen LogP contribution in [0.25, 0.3) is 0 Å². The van der Waals surface area contributed by atoms with Crippen molar-refractivity contribution < 1.29 is 9.53 Å². The summed E-state index contributed by atoms with van der Waals surface area (Å²) in [6.07, 6.45) is 4.14. The second kappa shape index (κ2) is 4.73. The Morgan fingerprint density at radius 2 is 1.93 bits per heavy atom. The van der Waals surface area contributed by atoms with Crippen molar-refractivity contribution in [3.05, 3.63) is 0 Å². The molecule has 0 bridgehead atoms. The van der Waals surface area contributed by atoms with E-state index in [2.05, 4.69) is 21.2 Å². The highest BCUT2D eigenvalue weighted by Gasteiger charge is 2.35. The summed E-state index contributed by atoms with van der Waals surface area (Å²) in [4.78, 5) is 11.6. The predicted octanol–water partition coefficient (Wildman–Crippen LogP) is 3.22. The molecule has 1 fully saturated rings. The summed E-state index contributed by atoms with van der Waals surface area (Å²) >= 11 is 3.47. The number of halogens is 1. The summed E-state index contributed by atoms with van der Waals surface area (Å²) in [5.41, 5.74) is -0.501. The Labute approximate surface area is 100 Å². The number of hydrogen-bond donors (Lipinski definition) is 1. The Bertz CT molecular complexity index is 229. The van der Waals surface area contributed by atoms with E-state index < -0.39 is 5.60 Å². The number of nitrogens with one attached hydrogen (secondary N) is 1. The molecule has 0 aromatic rings. The van der Waals surface area contributed by atoms with Gasteiger partial charge in [0.15, 0.2) is 0 Å². The van der Waals surface area contributed by atoms with Crippen LogP contribution in [0.4, 0.5) is 4.79 Å². The fraction of sp³-hybridized carbons (Fsp3) is 0.909.